The Hall–Kier alpha value is -3.09. The molecule has 0 aliphatic heterocycles. The number of nitrogens with zero attached hydrogens (tertiary/aromatic N) is 2. The van der Waals surface area contributed by atoms with E-state index < -0.39 is 17.5 Å². The lowest BCUT2D eigenvalue weighted by Crippen LogP contribution is -2.25. The van der Waals surface area contributed by atoms with E-state index in [1.807, 2.05) is 31.2 Å². The fourth-order valence-electron chi connectivity index (χ4n) is 2.31. The molecule has 1 aromatic heterocycles. The van der Waals surface area contributed by atoms with Crippen molar-refractivity contribution in [3.8, 4) is 11.4 Å². The predicted molar refractivity (Wildman–Crippen MR) is 86.9 cm³/mol. The Morgan fingerprint density at radius 1 is 1.16 bits per heavy atom. The molecule has 1 N–H and O–H groups in total. The zero-order valence-electron chi connectivity index (χ0n) is 13.4. The lowest BCUT2D eigenvalue weighted by atomic mass is 10.1. The van der Waals surface area contributed by atoms with Crippen LogP contribution >= 0.6 is 0 Å². The molecule has 3 aromatic rings. The highest BCUT2D eigenvalue weighted by Gasteiger charge is 2.12. The summed E-state index contributed by atoms with van der Waals surface area (Å²) in [6.07, 6.45) is 0.328. The van der Waals surface area contributed by atoms with Crippen molar-refractivity contribution in [3.63, 3.8) is 0 Å². The van der Waals surface area contributed by atoms with Gasteiger partial charge in [-0.3, -0.25) is 4.79 Å². The highest BCUT2D eigenvalue weighted by molar-refractivity contribution is 5.94. The second kappa shape index (κ2) is 7.21. The van der Waals surface area contributed by atoms with Gasteiger partial charge in [-0.05, 0) is 30.7 Å². The van der Waals surface area contributed by atoms with Crippen LogP contribution in [0.2, 0.25) is 0 Å². The topological polar surface area (TPSA) is 68.0 Å². The Balaban J connectivity index is 1.58. The van der Waals surface area contributed by atoms with Gasteiger partial charge in [0.05, 0.1) is 0 Å². The van der Waals surface area contributed by atoms with Gasteiger partial charge < -0.3 is 9.84 Å². The maximum absolute atomic E-state index is 13.1. The fraction of sp³-hybridized carbons (Fsp3) is 0.167. The van der Waals surface area contributed by atoms with Crippen LogP contribution in [0.4, 0.5) is 8.78 Å². The van der Waals surface area contributed by atoms with Crippen molar-refractivity contribution < 1.29 is 18.1 Å². The third kappa shape index (κ3) is 3.88. The van der Waals surface area contributed by atoms with Gasteiger partial charge in [0.1, 0.15) is 0 Å². The minimum atomic E-state index is -1.06. The molecule has 2 aromatic carbocycles. The number of amides is 1. The number of carbonyl (C=O) groups excluding carboxylic acids is 1. The van der Waals surface area contributed by atoms with Crippen LogP contribution in [0, 0.1) is 18.6 Å². The average Bonchev–Trinajstić information content (AvgIpc) is 3.06. The largest absolute Gasteiger partial charge is 0.352 e. The lowest BCUT2D eigenvalue weighted by molar-refractivity contribution is 0.0953. The number of aromatic nitrogens is 2. The molecule has 0 aliphatic carbocycles. The summed E-state index contributed by atoms with van der Waals surface area (Å²) in [6.45, 7) is 2.18. The molecule has 0 spiro atoms. The number of carbonyl (C=O) groups is 1. The van der Waals surface area contributed by atoms with E-state index in [1.165, 1.54) is 6.07 Å². The maximum Gasteiger partial charge on any atom is 0.251 e. The Morgan fingerprint density at radius 3 is 2.72 bits per heavy atom. The number of benzene rings is 2. The number of aryl methyl sites for hydroxylation is 1. The third-order valence-corrected chi connectivity index (χ3v) is 3.66. The molecular formula is C18H15F2N3O2. The van der Waals surface area contributed by atoms with Crippen LogP contribution in [0.5, 0.6) is 0 Å². The number of hydrogen-bond donors (Lipinski definition) is 1. The summed E-state index contributed by atoms with van der Waals surface area (Å²) in [5, 5.41) is 6.53. The smallest absolute Gasteiger partial charge is 0.251 e. The van der Waals surface area contributed by atoms with Crippen molar-refractivity contribution in [2.24, 2.45) is 0 Å². The quantitative estimate of drug-likeness (QED) is 0.772. The first kappa shape index (κ1) is 16.8. The first-order chi connectivity index (χ1) is 12.0. The van der Waals surface area contributed by atoms with Crippen LogP contribution in [0.25, 0.3) is 11.4 Å². The van der Waals surface area contributed by atoms with E-state index in [1.54, 1.807) is 0 Å². The van der Waals surface area contributed by atoms with Gasteiger partial charge in [0.25, 0.3) is 5.91 Å². The van der Waals surface area contributed by atoms with Crippen LogP contribution in [0.1, 0.15) is 21.8 Å². The van der Waals surface area contributed by atoms with Crippen LogP contribution in [0.15, 0.2) is 47.0 Å². The summed E-state index contributed by atoms with van der Waals surface area (Å²) >= 11 is 0. The van der Waals surface area contributed by atoms with Gasteiger partial charge in [-0.25, -0.2) is 8.78 Å². The van der Waals surface area contributed by atoms with E-state index in [0.29, 0.717) is 18.1 Å². The van der Waals surface area contributed by atoms with Gasteiger partial charge in [-0.15, -0.1) is 0 Å². The SMILES string of the molecule is Cc1ccccc1-c1noc(CCNC(=O)c2ccc(F)c(F)c2)n1. The molecule has 0 saturated carbocycles. The highest BCUT2D eigenvalue weighted by atomic mass is 19.2. The van der Waals surface area contributed by atoms with Crippen molar-refractivity contribution in [2.45, 2.75) is 13.3 Å². The molecule has 3 rings (SSSR count). The summed E-state index contributed by atoms with van der Waals surface area (Å²) < 4.78 is 31.2. The molecule has 7 heteroatoms. The second-order valence-corrected chi connectivity index (χ2v) is 5.46. The normalized spacial score (nSPS) is 10.7. The van der Waals surface area contributed by atoms with Gasteiger partial charge >= 0.3 is 0 Å². The molecule has 0 saturated heterocycles. The molecule has 128 valence electrons. The average molecular weight is 343 g/mol. The van der Waals surface area contributed by atoms with Crippen LogP contribution < -0.4 is 5.32 Å². The number of nitrogens with one attached hydrogen (secondary N) is 1. The van der Waals surface area contributed by atoms with Gasteiger partial charge in [0, 0.05) is 24.1 Å². The summed E-state index contributed by atoms with van der Waals surface area (Å²) in [5.41, 5.74) is 1.95. The van der Waals surface area contributed by atoms with Crippen molar-refractivity contribution in [2.75, 3.05) is 6.54 Å². The van der Waals surface area contributed by atoms with Crippen LogP contribution in [0.3, 0.4) is 0 Å². The van der Waals surface area contributed by atoms with Crippen molar-refractivity contribution >= 4 is 5.91 Å². The Kier molecular flexibility index (Phi) is 4.83. The molecule has 5 nitrogen and oxygen atoms in total. The summed E-state index contributed by atoms with van der Waals surface area (Å²) in [5.74, 6) is -1.69. The van der Waals surface area contributed by atoms with Gasteiger partial charge in [0.2, 0.25) is 11.7 Å². The van der Waals surface area contributed by atoms with E-state index in [-0.39, 0.29) is 12.1 Å². The highest BCUT2D eigenvalue weighted by Crippen LogP contribution is 2.19. The van der Waals surface area contributed by atoms with E-state index >= 15 is 0 Å². The first-order valence-corrected chi connectivity index (χ1v) is 7.66. The number of rotatable bonds is 5. The van der Waals surface area contributed by atoms with E-state index in [2.05, 4.69) is 15.5 Å². The van der Waals surface area contributed by atoms with Crippen molar-refractivity contribution in [1.82, 2.24) is 15.5 Å². The molecule has 0 aliphatic rings. The molecule has 0 atom stereocenters. The minimum Gasteiger partial charge on any atom is -0.352 e. The molecule has 0 fully saturated rings. The van der Waals surface area contributed by atoms with E-state index in [4.69, 9.17) is 4.52 Å². The Labute approximate surface area is 142 Å². The molecule has 0 bridgehead atoms. The minimum absolute atomic E-state index is 0.0463. The van der Waals surface area contributed by atoms with Gasteiger partial charge in [0.15, 0.2) is 11.6 Å². The summed E-state index contributed by atoms with van der Waals surface area (Å²) in [4.78, 5) is 16.2. The zero-order valence-corrected chi connectivity index (χ0v) is 13.4. The molecule has 0 radical (unpaired) electrons. The number of hydrogen-bond acceptors (Lipinski definition) is 4. The summed E-state index contributed by atoms with van der Waals surface area (Å²) in [7, 11) is 0. The molecule has 0 unspecified atom stereocenters. The second-order valence-electron chi connectivity index (χ2n) is 5.46. The van der Waals surface area contributed by atoms with Crippen molar-refractivity contribution in [1.29, 1.82) is 0 Å². The fourth-order valence-corrected chi connectivity index (χ4v) is 2.31. The summed E-state index contributed by atoms with van der Waals surface area (Å²) in [6, 6.07) is 10.7. The Bertz CT molecular complexity index is 909. The molecule has 1 heterocycles. The van der Waals surface area contributed by atoms with Crippen LogP contribution in [-0.4, -0.2) is 22.6 Å². The van der Waals surface area contributed by atoms with E-state index in [9.17, 15) is 13.6 Å². The maximum atomic E-state index is 13.1. The number of halogens is 2. The van der Waals surface area contributed by atoms with Gasteiger partial charge in [-0.2, -0.15) is 4.98 Å². The lowest BCUT2D eigenvalue weighted by Gasteiger charge is -2.03. The molecular weight excluding hydrogens is 328 g/mol. The molecule has 25 heavy (non-hydrogen) atoms. The Morgan fingerprint density at radius 2 is 1.96 bits per heavy atom. The monoisotopic (exact) mass is 343 g/mol. The van der Waals surface area contributed by atoms with Crippen LogP contribution in [-0.2, 0) is 6.42 Å². The standard InChI is InChI=1S/C18H15F2N3O2/c1-11-4-2-3-5-13(11)17-22-16(25-23-17)8-9-21-18(24)12-6-7-14(19)15(20)10-12/h2-7,10H,8-9H2,1H3,(H,21,24). The van der Waals surface area contributed by atoms with Crippen molar-refractivity contribution in [3.05, 3.63) is 71.1 Å². The molecule has 1 amide bonds. The zero-order chi connectivity index (χ0) is 17.8. The first-order valence-electron chi connectivity index (χ1n) is 7.66. The van der Waals surface area contributed by atoms with Gasteiger partial charge in [-0.1, -0.05) is 29.4 Å². The third-order valence-electron chi connectivity index (χ3n) is 3.66. The predicted octanol–water partition coefficient (Wildman–Crippen LogP) is 3.30. The van der Waals surface area contributed by atoms with E-state index in [0.717, 1.165) is 23.3 Å².